The minimum absolute atomic E-state index is 0.0428. The molecular formula is C14H14N2O4. The summed E-state index contributed by atoms with van der Waals surface area (Å²) >= 11 is 0. The van der Waals surface area contributed by atoms with Crippen molar-refractivity contribution in [1.82, 2.24) is 4.98 Å². The smallest absolute Gasteiger partial charge is 0.354 e. The number of hydrogen-bond donors (Lipinski definition) is 3. The van der Waals surface area contributed by atoms with Crippen molar-refractivity contribution in [3.63, 3.8) is 0 Å². The molecule has 0 radical (unpaired) electrons. The molecule has 0 saturated heterocycles. The van der Waals surface area contributed by atoms with Crippen LogP contribution in [0, 0.1) is 6.92 Å². The summed E-state index contributed by atoms with van der Waals surface area (Å²) in [7, 11) is 1.51. The average Bonchev–Trinajstić information content (AvgIpc) is 2.80. The van der Waals surface area contributed by atoms with Gasteiger partial charge in [0.2, 0.25) is 0 Å². The highest BCUT2D eigenvalue weighted by molar-refractivity contribution is 6.07. The molecule has 1 amide bonds. The average molecular weight is 274 g/mol. The van der Waals surface area contributed by atoms with Crippen molar-refractivity contribution in [2.75, 3.05) is 12.4 Å². The third-order valence-electron chi connectivity index (χ3n) is 2.75. The van der Waals surface area contributed by atoms with E-state index in [0.717, 1.165) is 0 Å². The van der Waals surface area contributed by atoms with E-state index in [-0.39, 0.29) is 11.4 Å². The summed E-state index contributed by atoms with van der Waals surface area (Å²) in [6.45, 7) is 1.72. The number of anilines is 1. The summed E-state index contributed by atoms with van der Waals surface area (Å²) in [6, 6.07) is 8.18. The molecule has 0 spiro atoms. The monoisotopic (exact) mass is 274 g/mol. The second kappa shape index (κ2) is 5.48. The van der Waals surface area contributed by atoms with Gasteiger partial charge in [0.15, 0.2) is 0 Å². The van der Waals surface area contributed by atoms with Crippen LogP contribution in [0.2, 0.25) is 0 Å². The van der Waals surface area contributed by atoms with Crippen molar-refractivity contribution in [3.8, 4) is 5.75 Å². The van der Waals surface area contributed by atoms with Crippen molar-refractivity contribution >= 4 is 17.6 Å². The highest BCUT2D eigenvalue weighted by atomic mass is 16.5. The number of carboxylic acid groups (broad SMARTS) is 1. The first-order chi connectivity index (χ1) is 9.51. The fraction of sp³-hybridized carbons (Fsp3) is 0.143. The van der Waals surface area contributed by atoms with Gasteiger partial charge in [0, 0.05) is 11.3 Å². The van der Waals surface area contributed by atoms with Crippen LogP contribution in [0.15, 0.2) is 30.3 Å². The number of amides is 1. The van der Waals surface area contributed by atoms with Crippen LogP contribution in [0.25, 0.3) is 0 Å². The van der Waals surface area contributed by atoms with E-state index in [1.807, 2.05) is 0 Å². The number of aromatic nitrogens is 1. The number of aryl methyl sites for hydroxylation is 1. The Morgan fingerprint density at radius 2 is 2.05 bits per heavy atom. The van der Waals surface area contributed by atoms with Gasteiger partial charge in [-0.15, -0.1) is 0 Å². The molecule has 0 aliphatic rings. The Kier molecular flexibility index (Phi) is 3.74. The molecular weight excluding hydrogens is 260 g/mol. The molecule has 3 N–H and O–H groups in total. The fourth-order valence-electron chi connectivity index (χ4n) is 1.82. The number of hydrogen-bond acceptors (Lipinski definition) is 3. The zero-order chi connectivity index (χ0) is 14.7. The van der Waals surface area contributed by atoms with Gasteiger partial charge in [-0.2, -0.15) is 0 Å². The number of nitrogens with one attached hydrogen (secondary N) is 2. The zero-order valence-corrected chi connectivity index (χ0v) is 11.1. The summed E-state index contributed by atoms with van der Waals surface area (Å²) in [5.74, 6) is -0.967. The summed E-state index contributed by atoms with van der Waals surface area (Å²) in [5.41, 5.74) is 1.24. The summed E-state index contributed by atoms with van der Waals surface area (Å²) < 4.78 is 5.04. The largest absolute Gasteiger partial charge is 0.497 e. The molecule has 104 valence electrons. The Labute approximate surface area is 115 Å². The molecule has 0 aliphatic heterocycles. The lowest BCUT2D eigenvalue weighted by Gasteiger charge is -2.06. The molecule has 0 aliphatic carbocycles. The first-order valence-electron chi connectivity index (χ1n) is 5.89. The standard InChI is InChI=1S/C14H14N2O4/c1-8-6-11(12(15-8)14(18)19)16-13(17)9-4-3-5-10(7-9)20-2/h3-7,15H,1-2H3,(H,16,17)(H,18,19). The minimum Gasteiger partial charge on any atom is -0.497 e. The Morgan fingerprint density at radius 1 is 1.30 bits per heavy atom. The number of methoxy groups -OCH3 is 1. The highest BCUT2D eigenvalue weighted by Crippen LogP contribution is 2.19. The number of H-pyrrole nitrogens is 1. The molecule has 0 atom stereocenters. The van der Waals surface area contributed by atoms with E-state index in [0.29, 0.717) is 17.0 Å². The topological polar surface area (TPSA) is 91.4 Å². The summed E-state index contributed by atoms with van der Waals surface area (Å²) in [4.78, 5) is 25.8. The number of carbonyl (C=O) groups is 2. The summed E-state index contributed by atoms with van der Waals surface area (Å²) in [5, 5.41) is 11.6. The normalized spacial score (nSPS) is 10.1. The van der Waals surface area contributed by atoms with E-state index in [9.17, 15) is 9.59 Å². The van der Waals surface area contributed by atoms with Crippen LogP contribution in [0.3, 0.4) is 0 Å². The molecule has 6 nitrogen and oxygen atoms in total. The van der Waals surface area contributed by atoms with Crippen LogP contribution in [-0.4, -0.2) is 29.1 Å². The maximum absolute atomic E-state index is 12.1. The van der Waals surface area contributed by atoms with Crippen molar-refractivity contribution in [2.24, 2.45) is 0 Å². The second-order valence-corrected chi connectivity index (χ2v) is 4.23. The number of carboxylic acids is 1. The number of carbonyl (C=O) groups excluding carboxylic acids is 1. The van der Waals surface area contributed by atoms with Gasteiger partial charge in [0.25, 0.3) is 5.91 Å². The lowest BCUT2D eigenvalue weighted by molar-refractivity contribution is 0.0692. The molecule has 1 heterocycles. The maximum atomic E-state index is 12.1. The van der Waals surface area contributed by atoms with E-state index in [2.05, 4.69) is 10.3 Å². The van der Waals surface area contributed by atoms with E-state index >= 15 is 0 Å². The van der Waals surface area contributed by atoms with Crippen LogP contribution in [0.4, 0.5) is 5.69 Å². The van der Waals surface area contributed by atoms with Crippen molar-refractivity contribution < 1.29 is 19.4 Å². The van der Waals surface area contributed by atoms with E-state index < -0.39 is 11.9 Å². The van der Waals surface area contributed by atoms with Crippen LogP contribution in [0.5, 0.6) is 5.75 Å². The van der Waals surface area contributed by atoms with Gasteiger partial charge in [-0.1, -0.05) is 6.07 Å². The third-order valence-corrected chi connectivity index (χ3v) is 2.75. The molecule has 0 unspecified atom stereocenters. The molecule has 0 saturated carbocycles. The third kappa shape index (κ3) is 2.80. The first kappa shape index (κ1) is 13.7. The lowest BCUT2D eigenvalue weighted by Crippen LogP contribution is -2.14. The van der Waals surface area contributed by atoms with Crippen LogP contribution >= 0.6 is 0 Å². The van der Waals surface area contributed by atoms with Gasteiger partial charge in [-0.05, 0) is 31.2 Å². The van der Waals surface area contributed by atoms with E-state index in [1.54, 1.807) is 37.3 Å². The molecule has 2 rings (SSSR count). The van der Waals surface area contributed by atoms with Crippen LogP contribution < -0.4 is 10.1 Å². The fourth-order valence-corrected chi connectivity index (χ4v) is 1.82. The van der Waals surface area contributed by atoms with Crippen molar-refractivity contribution in [3.05, 3.63) is 47.3 Å². The molecule has 0 bridgehead atoms. The quantitative estimate of drug-likeness (QED) is 0.797. The number of rotatable bonds is 4. The van der Waals surface area contributed by atoms with Gasteiger partial charge >= 0.3 is 5.97 Å². The van der Waals surface area contributed by atoms with E-state index in [4.69, 9.17) is 9.84 Å². The van der Waals surface area contributed by atoms with Crippen LogP contribution in [-0.2, 0) is 0 Å². The summed E-state index contributed by atoms with van der Waals surface area (Å²) in [6.07, 6.45) is 0. The number of aromatic carboxylic acids is 1. The van der Waals surface area contributed by atoms with E-state index in [1.165, 1.54) is 7.11 Å². The number of benzene rings is 1. The van der Waals surface area contributed by atoms with Gasteiger partial charge < -0.3 is 20.1 Å². The van der Waals surface area contributed by atoms with Gasteiger partial charge in [-0.25, -0.2) is 4.79 Å². The number of aromatic amines is 1. The predicted molar refractivity (Wildman–Crippen MR) is 73.4 cm³/mol. The Morgan fingerprint density at radius 3 is 2.70 bits per heavy atom. The van der Waals surface area contributed by atoms with Crippen molar-refractivity contribution in [2.45, 2.75) is 6.92 Å². The second-order valence-electron chi connectivity index (χ2n) is 4.23. The Hall–Kier alpha value is -2.76. The SMILES string of the molecule is COc1cccc(C(=O)Nc2cc(C)[nH]c2C(=O)O)c1. The highest BCUT2D eigenvalue weighted by Gasteiger charge is 2.16. The molecule has 1 aromatic carbocycles. The molecule has 0 fully saturated rings. The Balaban J connectivity index is 2.25. The van der Waals surface area contributed by atoms with Crippen molar-refractivity contribution in [1.29, 1.82) is 0 Å². The molecule has 6 heteroatoms. The van der Waals surface area contributed by atoms with Gasteiger partial charge in [0.05, 0.1) is 12.8 Å². The van der Waals surface area contributed by atoms with Crippen LogP contribution in [0.1, 0.15) is 26.5 Å². The zero-order valence-electron chi connectivity index (χ0n) is 11.1. The molecule has 1 aromatic heterocycles. The Bertz CT molecular complexity index is 661. The maximum Gasteiger partial charge on any atom is 0.354 e. The molecule has 20 heavy (non-hydrogen) atoms. The minimum atomic E-state index is -1.13. The van der Waals surface area contributed by atoms with Gasteiger partial charge in [0.1, 0.15) is 11.4 Å². The first-order valence-corrected chi connectivity index (χ1v) is 5.89. The lowest BCUT2D eigenvalue weighted by atomic mass is 10.2. The predicted octanol–water partition coefficient (Wildman–Crippen LogP) is 2.28. The van der Waals surface area contributed by atoms with Gasteiger partial charge in [-0.3, -0.25) is 4.79 Å². The molecule has 2 aromatic rings. The number of ether oxygens (including phenoxy) is 1.